The summed E-state index contributed by atoms with van der Waals surface area (Å²) >= 11 is 0. The number of pyridine rings is 2. The van der Waals surface area contributed by atoms with Crippen molar-refractivity contribution in [2.75, 3.05) is 4.90 Å². The lowest BCUT2D eigenvalue weighted by atomic mass is 9.93. The number of hydrogen-bond donors (Lipinski definition) is 1. The molecular formula is C29H28N4O. The van der Waals surface area contributed by atoms with Crippen LogP contribution >= 0.6 is 0 Å². The van der Waals surface area contributed by atoms with Gasteiger partial charge in [-0.15, -0.1) is 0 Å². The van der Waals surface area contributed by atoms with E-state index in [9.17, 15) is 4.79 Å². The van der Waals surface area contributed by atoms with Crippen LogP contribution in [-0.2, 0) is 0 Å². The molecule has 0 bridgehead atoms. The van der Waals surface area contributed by atoms with Crippen LogP contribution in [0.1, 0.15) is 47.3 Å². The molecule has 2 aromatic heterocycles. The summed E-state index contributed by atoms with van der Waals surface area (Å²) in [6, 6.07) is 22.9. The van der Waals surface area contributed by atoms with E-state index >= 15 is 0 Å². The van der Waals surface area contributed by atoms with E-state index in [0.29, 0.717) is 11.6 Å². The van der Waals surface area contributed by atoms with E-state index in [2.05, 4.69) is 70.4 Å². The van der Waals surface area contributed by atoms with Gasteiger partial charge in [-0.1, -0.05) is 36.4 Å². The molecule has 5 heteroatoms. The van der Waals surface area contributed by atoms with Gasteiger partial charge in [0.15, 0.2) is 0 Å². The molecule has 1 aliphatic carbocycles. The molecule has 0 spiro atoms. The fraction of sp³-hybridized carbons (Fsp3) is 0.207. The van der Waals surface area contributed by atoms with Gasteiger partial charge in [0.1, 0.15) is 0 Å². The Labute approximate surface area is 200 Å². The molecule has 1 amide bonds. The second-order valence-electron chi connectivity index (χ2n) is 8.89. The van der Waals surface area contributed by atoms with Crippen LogP contribution in [0.4, 0.5) is 11.4 Å². The van der Waals surface area contributed by atoms with Gasteiger partial charge in [-0.25, -0.2) is 0 Å². The molecule has 1 fully saturated rings. The first-order chi connectivity index (χ1) is 16.6. The molecule has 4 aromatic rings. The molecule has 2 aromatic carbocycles. The molecule has 0 radical (unpaired) electrons. The Morgan fingerprint density at radius 1 is 0.941 bits per heavy atom. The van der Waals surface area contributed by atoms with E-state index in [1.54, 1.807) is 6.20 Å². The summed E-state index contributed by atoms with van der Waals surface area (Å²) < 4.78 is 0. The van der Waals surface area contributed by atoms with Gasteiger partial charge in [-0.3, -0.25) is 14.8 Å². The van der Waals surface area contributed by atoms with Crippen molar-refractivity contribution in [1.29, 1.82) is 0 Å². The Bertz CT molecular complexity index is 1280. The Kier molecular flexibility index (Phi) is 6.09. The summed E-state index contributed by atoms with van der Waals surface area (Å²) in [7, 11) is 0. The maximum absolute atomic E-state index is 12.4. The van der Waals surface area contributed by atoms with E-state index in [-0.39, 0.29) is 11.9 Å². The predicted octanol–water partition coefficient (Wildman–Crippen LogP) is 6.24. The highest BCUT2D eigenvalue weighted by Crippen LogP contribution is 2.38. The van der Waals surface area contributed by atoms with Crippen molar-refractivity contribution in [3.63, 3.8) is 0 Å². The summed E-state index contributed by atoms with van der Waals surface area (Å²) in [6.45, 7) is 4.25. The van der Waals surface area contributed by atoms with Crippen molar-refractivity contribution in [3.8, 4) is 11.1 Å². The zero-order valence-corrected chi connectivity index (χ0v) is 19.5. The minimum Gasteiger partial charge on any atom is -0.349 e. The van der Waals surface area contributed by atoms with Crippen molar-refractivity contribution >= 4 is 17.3 Å². The summed E-state index contributed by atoms with van der Waals surface area (Å²) in [6.07, 6.45) is 9.60. The quantitative estimate of drug-likeness (QED) is 0.363. The van der Waals surface area contributed by atoms with Crippen LogP contribution in [0, 0.1) is 6.92 Å². The number of anilines is 2. The van der Waals surface area contributed by atoms with E-state index in [0.717, 1.165) is 40.9 Å². The predicted molar refractivity (Wildman–Crippen MR) is 136 cm³/mol. The largest absolute Gasteiger partial charge is 0.349 e. The highest BCUT2D eigenvalue weighted by atomic mass is 16.1. The lowest BCUT2D eigenvalue weighted by Gasteiger charge is -2.32. The molecule has 1 atom stereocenters. The molecular weight excluding hydrogens is 420 g/mol. The van der Waals surface area contributed by atoms with Crippen LogP contribution in [0.3, 0.4) is 0 Å². The number of rotatable bonds is 7. The molecule has 1 N–H and O–H groups in total. The first-order valence-electron chi connectivity index (χ1n) is 11.7. The molecule has 1 unspecified atom stereocenters. The van der Waals surface area contributed by atoms with E-state index in [1.165, 1.54) is 5.56 Å². The van der Waals surface area contributed by atoms with Crippen LogP contribution in [0.15, 0.2) is 91.5 Å². The number of hydrogen-bond acceptors (Lipinski definition) is 4. The maximum atomic E-state index is 12.4. The van der Waals surface area contributed by atoms with Crippen molar-refractivity contribution < 1.29 is 4.79 Å². The molecule has 5 rings (SSSR count). The van der Waals surface area contributed by atoms with Gasteiger partial charge in [0.25, 0.3) is 5.91 Å². The highest BCUT2D eigenvalue weighted by molar-refractivity contribution is 5.95. The number of aryl methyl sites for hydroxylation is 1. The third kappa shape index (κ3) is 4.69. The molecule has 1 saturated carbocycles. The lowest BCUT2D eigenvalue weighted by molar-refractivity contribution is 0.0951. The van der Waals surface area contributed by atoms with Gasteiger partial charge >= 0.3 is 0 Å². The first kappa shape index (κ1) is 21.8. The molecule has 34 heavy (non-hydrogen) atoms. The SMILES string of the molecule is Cc1cncc(N(c2cccnc2)C(C)c2ccccc2-c2ccc(C(=O)NC3CC3)cc2)c1. The van der Waals surface area contributed by atoms with Gasteiger partial charge in [0.2, 0.25) is 0 Å². The van der Waals surface area contributed by atoms with Crippen molar-refractivity contribution in [2.24, 2.45) is 0 Å². The molecule has 0 saturated heterocycles. The second kappa shape index (κ2) is 9.48. The number of amides is 1. The van der Waals surface area contributed by atoms with Gasteiger partial charge in [0.05, 0.1) is 29.8 Å². The Balaban J connectivity index is 1.51. The first-order valence-corrected chi connectivity index (χ1v) is 11.7. The Hall–Kier alpha value is -3.99. The van der Waals surface area contributed by atoms with Gasteiger partial charge < -0.3 is 10.2 Å². The molecule has 2 heterocycles. The zero-order chi connectivity index (χ0) is 23.5. The fourth-order valence-corrected chi connectivity index (χ4v) is 4.32. The molecule has 1 aliphatic rings. The molecule has 5 nitrogen and oxygen atoms in total. The standard InChI is InChI=1S/C29H28N4O/c1-20-16-26(19-31-17-20)33(25-6-5-15-30-18-25)21(2)27-7-3-4-8-28(27)22-9-11-23(12-10-22)29(34)32-24-13-14-24/h3-12,15-19,21,24H,13-14H2,1-2H3,(H,32,34). The van der Waals surface area contributed by atoms with Crippen LogP contribution in [0.5, 0.6) is 0 Å². The minimum absolute atomic E-state index is 0.00500. The average Bonchev–Trinajstić information content (AvgIpc) is 3.69. The summed E-state index contributed by atoms with van der Waals surface area (Å²) in [4.78, 5) is 23.5. The Morgan fingerprint density at radius 2 is 1.71 bits per heavy atom. The molecule has 170 valence electrons. The number of aromatic nitrogens is 2. The number of carbonyl (C=O) groups is 1. The van der Waals surface area contributed by atoms with Gasteiger partial charge in [-0.2, -0.15) is 0 Å². The fourth-order valence-electron chi connectivity index (χ4n) is 4.32. The van der Waals surface area contributed by atoms with Crippen LogP contribution in [0.2, 0.25) is 0 Å². The van der Waals surface area contributed by atoms with E-state index < -0.39 is 0 Å². The summed E-state index contributed by atoms with van der Waals surface area (Å²) in [5.41, 5.74) is 7.23. The van der Waals surface area contributed by atoms with Crippen molar-refractivity contribution in [1.82, 2.24) is 15.3 Å². The zero-order valence-electron chi connectivity index (χ0n) is 19.5. The van der Waals surface area contributed by atoms with Crippen molar-refractivity contribution in [3.05, 3.63) is 108 Å². The number of nitrogens with zero attached hydrogens (tertiary/aromatic N) is 3. The highest BCUT2D eigenvalue weighted by Gasteiger charge is 2.24. The lowest BCUT2D eigenvalue weighted by Crippen LogP contribution is -2.25. The smallest absolute Gasteiger partial charge is 0.251 e. The third-order valence-corrected chi connectivity index (χ3v) is 6.23. The van der Waals surface area contributed by atoms with Gasteiger partial charge in [0, 0.05) is 24.0 Å². The maximum Gasteiger partial charge on any atom is 0.251 e. The van der Waals surface area contributed by atoms with E-state index in [4.69, 9.17) is 0 Å². The summed E-state index contributed by atoms with van der Waals surface area (Å²) in [5.74, 6) is 0.00500. The van der Waals surface area contributed by atoms with Crippen molar-refractivity contribution in [2.45, 2.75) is 38.8 Å². The second-order valence-corrected chi connectivity index (χ2v) is 8.89. The number of carbonyl (C=O) groups excluding carboxylic acids is 1. The van der Waals surface area contributed by atoms with Gasteiger partial charge in [-0.05, 0) is 79.3 Å². The Morgan fingerprint density at radius 3 is 2.41 bits per heavy atom. The van der Waals surface area contributed by atoms with Crippen LogP contribution in [-0.4, -0.2) is 21.9 Å². The third-order valence-electron chi connectivity index (χ3n) is 6.23. The van der Waals surface area contributed by atoms with Crippen LogP contribution in [0.25, 0.3) is 11.1 Å². The topological polar surface area (TPSA) is 58.1 Å². The molecule has 0 aliphatic heterocycles. The normalized spacial score (nSPS) is 13.8. The summed E-state index contributed by atoms with van der Waals surface area (Å²) in [5, 5.41) is 3.06. The average molecular weight is 449 g/mol. The minimum atomic E-state index is 0.00500. The van der Waals surface area contributed by atoms with E-state index in [1.807, 2.05) is 48.9 Å². The van der Waals surface area contributed by atoms with Crippen LogP contribution < -0.4 is 10.2 Å². The monoisotopic (exact) mass is 448 g/mol. The number of benzene rings is 2. The number of nitrogens with one attached hydrogen (secondary N) is 1.